The lowest BCUT2D eigenvalue weighted by Gasteiger charge is -2.03. The molecule has 0 bridgehead atoms. The zero-order valence-corrected chi connectivity index (χ0v) is 10.5. The number of aryl methyl sites for hydroxylation is 1. The topological polar surface area (TPSA) is 73.2 Å². The molecule has 0 saturated heterocycles. The molecule has 0 saturated carbocycles. The van der Waals surface area contributed by atoms with E-state index in [0.29, 0.717) is 18.8 Å². The van der Waals surface area contributed by atoms with Crippen molar-refractivity contribution in [2.24, 2.45) is 7.05 Å². The average molecular weight is 239 g/mol. The van der Waals surface area contributed by atoms with Gasteiger partial charge in [0.1, 0.15) is 0 Å². The summed E-state index contributed by atoms with van der Waals surface area (Å²) in [5.41, 5.74) is 1.83. The molecule has 6 heteroatoms. The molecule has 1 N–H and O–H groups in total. The van der Waals surface area contributed by atoms with Crippen LogP contribution >= 0.6 is 0 Å². The largest absolute Gasteiger partial charge is 0.461 e. The molecule has 1 amide bonds. The fourth-order valence-electron chi connectivity index (χ4n) is 1.51. The van der Waals surface area contributed by atoms with Gasteiger partial charge in [0.25, 0.3) is 0 Å². The van der Waals surface area contributed by atoms with E-state index >= 15 is 0 Å². The minimum Gasteiger partial charge on any atom is -0.461 e. The van der Waals surface area contributed by atoms with Crippen molar-refractivity contribution >= 4 is 11.9 Å². The predicted octanol–water partition coefficient (Wildman–Crippen LogP) is 0.541. The van der Waals surface area contributed by atoms with Gasteiger partial charge in [0.2, 0.25) is 5.91 Å². The van der Waals surface area contributed by atoms with Crippen LogP contribution in [0.2, 0.25) is 0 Å². The number of hydrogen-bond acceptors (Lipinski definition) is 4. The molecule has 1 heterocycles. The summed E-state index contributed by atoms with van der Waals surface area (Å²) in [5, 5.41) is 6.77. The normalized spacial score (nSPS) is 10.1. The number of nitrogens with one attached hydrogen (secondary N) is 1. The molecule has 0 atom stereocenters. The van der Waals surface area contributed by atoms with Crippen molar-refractivity contribution in [1.82, 2.24) is 15.1 Å². The van der Waals surface area contributed by atoms with Crippen molar-refractivity contribution in [2.75, 3.05) is 6.61 Å². The molecule has 17 heavy (non-hydrogen) atoms. The third-order valence-corrected chi connectivity index (χ3v) is 2.40. The molecule has 1 aromatic rings. The van der Waals surface area contributed by atoms with Gasteiger partial charge in [0.05, 0.1) is 18.8 Å². The number of nitrogens with zero attached hydrogens (tertiary/aromatic N) is 2. The third kappa shape index (κ3) is 3.05. The van der Waals surface area contributed by atoms with Crippen LogP contribution in [-0.4, -0.2) is 28.3 Å². The molecule has 0 aromatic carbocycles. The van der Waals surface area contributed by atoms with Gasteiger partial charge >= 0.3 is 5.97 Å². The maximum atomic E-state index is 11.6. The Morgan fingerprint density at radius 1 is 1.47 bits per heavy atom. The second kappa shape index (κ2) is 5.47. The van der Waals surface area contributed by atoms with E-state index in [1.807, 2.05) is 0 Å². The van der Waals surface area contributed by atoms with Crippen LogP contribution in [0.3, 0.4) is 0 Å². The second-order valence-electron chi connectivity index (χ2n) is 3.67. The van der Waals surface area contributed by atoms with Crippen LogP contribution in [0.25, 0.3) is 0 Å². The summed E-state index contributed by atoms with van der Waals surface area (Å²) in [5.74, 6) is -0.557. The first-order valence-electron chi connectivity index (χ1n) is 5.41. The van der Waals surface area contributed by atoms with Crippen molar-refractivity contribution < 1.29 is 14.3 Å². The highest BCUT2D eigenvalue weighted by molar-refractivity contribution is 5.89. The highest BCUT2D eigenvalue weighted by atomic mass is 16.5. The van der Waals surface area contributed by atoms with E-state index in [0.717, 1.165) is 11.3 Å². The number of carbonyl (C=O) groups excluding carboxylic acids is 2. The van der Waals surface area contributed by atoms with Gasteiger partial charge in [-0.1, -0.05) is 0 Å². The molecule has 0 aliphatic rings. The number of esters is 1. The van der Waals surface area contributed by atoms with Crippen molar-refractivity contribution in [3.8, 4) is 0 Å². The number of ether oxygens (including phenoxy) is 1. The van der Waals surface area contributed by atoms with E-state index in [2.05, 4.69) is 10.4 Å². The summed E-state index contributed by atoms with van der Waals surface area (Å²) in [7, 11) is 1.73. The Hall–Kier alpha value is -1.85. The van der Waals surface area contributed by atoms with Gasteiger partial charge in [-0.05, 0) is 13.8 Å². The lowest BCUT2D eigenvalue weighted by Crippen LogP contribution is -2.21. The van der Waals surface area contributed by atoms with Crippen LogP contribution in [-0.2, 0) is 23.1 Å². The maximum absolute atomic E-state index is 11.6. The van der Waals surface area contributed by atoms with Gasteiger partial charge in [0.15, 0.2) is 5.69 Å². The second-order valence-corrected chi connectivity index (χ2v) is 3.67. The predicted molar refractivity (Wildman–Crippen MR) is 61.4 cm³/mol. The van der Waals surface area contributed by atoms with Crippen LogP contribution in [0.15, 0.2) is 0 Å². The van der Waals surface area contributed by atoms with E-state index in [1.54, 1.807) is 25.6 Å². The van der Waals surface area contributed by atoms with Crippen molar-refractivity contribution in [3.05, 3.63) is 17.0 Å². The molecule has 1 aromatic heterocycles. The lowest BCUT2D eigenvalue weighted by atomic mass is 10.2. The molecular formula is C11H17N3O3. The monoisotopic (exact) mass is 239 g/mol. The van der Waals surface area contributed by atoms with Crippen molar-refractivity contribution in [3.63, 3.8) is 0 Å². The van der Waals surface area contributed by atoms with E-state index < -0.39 is 5.97 Å². The molecule has 0 unspecified atom stereocenters. The molecule has 94 valence electrons. The average Bonchev–Trinajstić information content (AvgIpc) is 2.52. The third-order valence-electron chi connectivity index (χ3n) is 2.40. The quantitative estimate of drug-likeness (QED) is 0.778. The zero-order valence-electron chi connectivity index (χ0n) is 10.5. The zero-order chi connectivity index (χ0) is 13.0. The maximum Gasteiger partial charge on any atom is 0.359 e. The van der Waals surface area contributed by atoms with E-state index in [1.165, 1.54) is 6.92 Å². The highest BCUT2D eigenvalue weighted by Gasteiger charge is 2.19. The standard InChI is InChI=1S/C11H17N3O3/c1-5-17-11(16)10-7(2)9(14(4)13-10)6-12-8(3)15/h5-6H2,1-4H3,(H,12,15). The number of amides is 1. The van der Waals surface area contributed by atoms with E-state index in [-0.39, 0.29) is 5.91 Å². The molecule has 0 aliphatic carbocycles. The summed E-state index contributed by atoms with van der Waals surface area (Å²) in [6, 6.07) is 0. The Labute approximate surface area is 99.9 Å². The first-order chi connectivity index (χ1) is 7.97. The molecule has 0 aliphatic heterocycles. The Bertz CT molecular complexity index is 437. The summed E-state index contributed by atoms with van der Waals surface area (Å²) < 4.78 is 6.48. The minimum atomic E-state index is -0.435. The molecular weight excluding hydrogens is 222 g/mol. The van der Waals surface area contributed by atoms with Crippen LogP contribution in [0, 0.1) is 6.92 Å². The molecule has 6 nitrogen and oxygen atoms in total. The molecule has 0 fully saturated rings. The lowest BCUT2D eigenvalue weighted by molar-refractivity contribution is -0.119. The SMILES string of the molecule is CCOC(=O)c1nn(C)c(CNC(C)=O)c1C. The Kier molecular flexibility index (Phi) is 4.25. The Balaban J connectivity index is 2.93. The summed E-state index contributed by atoms with van der Waals surface area (Å²) in [4.78, 5) is 22.4. The van der Waals surface area contributed by atoms with Crippen molar-refractivity contribution in [2.45, 2.75) is 27.3 Å². The van der Waals surface area contributed by atoms with Gasteiger partial charge in [-0.2, -0.15) is 5.10 Å². The van der Waals surface area contributed by atoms with Gasteiger partial charge in [0, 0.05) is 19.5 Å². The number of hydrogen-bond donors (Lipinski definition) is 1. The highest BCUT2D eigenvalue weighted by Crippen LogP contribution is 2.13. The minimum absolute atomic E-state index is 0.122. The smallest absolute Gasteiger partial charge is 0.359 e. The molecule has 0 radical (unpaired) electrons. The summed E-state index contributed by atoms with van der Waals surface area (Å²) in [6.45, 7) is 5.64. The fraction of sp³-hybridized carbons (Fsp3) is 0.545. The Morgan fingerprint density at radius 3 is 2.65 bits per heavy atom. The van der Waals surface area contributed by atoms with Crippen molar-refractivity contribution in [1.29, 1.82) is 0 Å². The van der Waals surface area contributed by atoms with Gasteiger partial charge in [-0.3, -0.25) is 9.48 Å². The van der Waals surface area contributed by atoms with E-state index in [4.69, 9.17) is 4.74 Å². The van der Waals surface area contributed by atoms with Gasteiger partial charge in [-0.15, -0.1) is 0 Å². The van der Waals surface area contributed by atoms with Gasteiger partial charge in [-0.25, -0.2) is 4.79 Å². The summed E-state index contributed by atoms with van der Waals surface area (Å²) in [6.07, 6.45) is 0. The van der Waals surface area contributed by atoms with Gasteiger partial charge < -0.3 is 10.1 Å². The van der Waals surface area contributed by atoms with Crippen LogP contribution in [0.1, 0.15) is 35.6 Å². The first-order valence-corrected chi connectivity index (χ1v) is 5.41. The number of rotatable bonds is 4. The Morgan fingerprint density at radius 2 is 2.12 bits per heavy atom. The first kappa shape index (κ1) is 13.2. The molecule has 0 spiro atoms. The number of aromatic nitrogens is 2. The number of carbonyl (C=O) groups is 2. The van der Waals surface area contributed by atoms with E-state index in [9.17, 15) is 9.59 Å². The summed E-state index contributed by atoms with van der Waals surface area (Å²) >= 11 is 0. The van der Waals surface area contributed by atoms with Crippen LogP contribution in [0.5, 0.6) is 0 Å². The molecule has 1 rings (SSSR count). The van der Waals surface area contributed by atoms with Crippen LogP contribution < -0.4 is 5.32 Å². The fourth-order valence-corrected chi connectivity index (χ4v) is 1.51. The van der Waals surface area contributed by atoms with Crippen LogP contribution in [0.4, 0.5) is 0 Å².